The summed E-state index contributed by atoms with van der Waals surface area (Å²) in [5, 5.41) is 1.04. The summed E-state index contributed by atoms with van der Waals surface area (Å²) in [7, 11) is 0. The van der Waals surface area contributed by atoms with Gasteiger partial charge in [-0.1, -0.05) is 24.3 Å². The van der Waals surface area contributed by atoms with Crippen molar-refractivity contribution in [3.63, 3.8) is 0 Å². The zero-order chi connectivity index (χ0) is 13.1. The number of halogens is 1. The third kappa shape index (κ3) is 2.66. The van der Waals surface area contributed by atoms with E-state index in [9.17, 15) is 0 Å². The molecule has 0 N–H and O–H groups in total. The number of hydrogen-bond donors (Lipinski definition) is 0. The Morgan fingerprint density at radius 3 is 2.68 bits per heavy atom. The number of para-hydroxylation sites is 1. The van der Waals surface area contributed by atoms with Crippen LogP contribution in [0.25, 0.3) is 10.9 Å². The molecule has 19 heavy (non-hydrogen) atoms. The smallest absolute Gasteiger partial charge is 0.219 e. The lowest BCUT2D eigenvalue weighted by atomic mass is 10.2. The Hall–Kier alpha value is -2.13. The highest BCUT2D eigenvalue weighted by atomic mass is 35.5. The molecular weight excluding hydrogens is 260 g/mol. The molecule has 0 fully saturated rings. The summed E-state index contributed by atoms with van der Waals surface area (Å²) < 4.78 is 5.67. The number of hydrogen-bond acceptors (Lipinski definition) is 3. The molecule has 0 saturated heterocycles. The van der Waals surface area contributed by atoms with Gasteiger partial charge in [0.2, 0.25) is 5.88 Å². The molecule has 0 atom stereocenters. The first kappa shape index (κ1) is 11.9. The zero-order valence-corrected chi connectivity index (χ0v) is 10.8. The van der Waals surface area contributed by atoms with Gasteiger partial charge in [-0.15, -0.1) is 11.6 Å². The fourth-order valence-electron chi connectivity index (χ4n) is 1.78. The third-order valence-corrected chi connectivity index (χ3v) is 3.05. The standard InChI is InChI=1S/C15H11ClN2O/c16-8-11-5-6-15(18-9-11)19-13-7-12-3-1-2-4-14(12)17-10-13/h1-7,9-10H,8H2. The first-order valence-corrected chi connectivity index (χ1v) is 6.42. The van der Waals surface area contributed by atoms with Gasteiger partial charge in [0.05, 0.1) is 11.7 Å². The minimum Gasteiger partial charge on any atom is -0.437 e. The number of rotatable bonds is 3. The maximum Gasteiger partial charge on any atom is 0.219 e. The average molecular weight is 271 g/mol. The van der Waals surface area contributed by atoms with Gasteiger partial charge in [0, 0.05) is 23.5 Å². The Bertz CT molecular complexity index is 698. The number of alkyl halides is 1. The minimum absolute atomic E-state index is 0.449. The van der Waals surface area contributed by atoms with Crippen LogP contribution in [0.1, 0.15) is 5.56 Å². The van der Waals surface area contributed by atoms with Crippen molar-refractivity contribution in [2.75, 3.05) is 0 Å². The van der Waals surface area contributed by atoms with Crippen LogP contribution in [0.5, 0.6) is 11.6 Å². The predicted octanol–water partition coefficient (Wildman–Crippen LogP) is 4.16. The van der Waals surface area contributed by atoms with E-state index in [4.69, 9.17) is 16.3 Å². The molecule has 1 aromatic carbocycles. The summed E-state index contributed by atoms with van der Waals surface area (Å²) in [6.45, 7) is 0. The Balaban J connectivity index is 1.87. The van der Waals surface area contributed by atoms with Gasteiger partial charge in [0.25, 0.3) is 0 Å². The van der Waals surface area contributed by atoms with E-state index < -0.39 is 0 Å². The van der Waals surface area contributed by atoms with Crippen LogP contribution in [-0.2, 0) is 5.88 Å². The molecule has 0 aliphatic carbocycles. The summed E-state index contributed by atoms with van der Waals surface area (Å²) in [5.74, 6) is 1.65. The van der Waals surface area contributed by atoms with Gasteiger partial charge in [0.15, 0.2) is 0 Å². The average Bonchev–Trinajstić information content (AvgIpc) is 2.48. The molecule has 0 saturated carbocycles. The van der Waals surface area contributed by atoms with Gasteiger partial charge in [-0.25, -0.2) is 4.98 Å². The highest BCUT2D eigenvalue weighted by Crippen LogP contribution is 2.22. The molecule has 2 heterocycles. The maximum absolute atomic E-state index is 5.71. The van der Waals surface area contributed by atoms with E-state index in [0.29, 0.717) is 17.5 Å². The van der Waals surface area contributed by atoms with Crippen molar-refractivity contribution in [2.24, 2.45) is 0 Å². The van der Waals surface area contributed by atoms with E-state index in [1.165, 1.54) is 0 Å². The van der Waals surface area contributed by atoms with E-state index in [1.54, 1.807) is 18.5 Å². The quantitative estimate of drug-likeness (QED) is 0.670. The molecule has 0 unspecified atom stereocenters. The van der Waals surface area contributed by atoms with Crippen LogP contribution in [-0.4, -0.2) is 9.97 Å². The Morgan fingerprint density at radius 2 is 1.89 bits per heavy atom. The number of pyridine rings is 2. The molecule has 4 heteroatoms. The Labute approximate surface area is 115 Å². The molecule has 3 nitrogen and oxygen atoms in total. The molecule has 0 bridgehead atoms. The number of benzene rings is 1. The molecule has 0 radical (unpaired) electrons. The molecule has 3 aromatic rings. The molecule has 0 amide bonds. The maximum atomic E-state index is 5.71. The monoisotopic (exact) mass is 270 g/mol. The van der Waals surface area contributed by atoms with Gasteiger partial charge in [-0.3, -0.25) is 4.98 Å². The van der Waals surface area contributed by atoms with Crippen molar-refractivity contribution < 1.29 is 4.74 Å². The Morgan fingerprint density at radius 1 is 1.00 bits per heavy atom. The summed E-state index contributed by atoms with van der Waals surface area (Å²) in [6, 6.07) is 13.5. The SMILES string of the molecule is ClCc1ccc(Oc2cnc3ccccc3c2)nc1. The van der Waals surface area contributed by atoms with Crippen molar-refractivity contribution in [3.05, 3.63) is 60.4 Å². The van der Waals surface area contributed by atoms with Crippen LogP contribution in [0.4, 0.5) is 0 Å². The third-order valence-electron chi connectivity index (χ3n) is 2.74. The van der Waals surface area contributed by atoms with Crippen molar-refractivity contribution in [2.45, 2.75) is 5.88 Å². The van der Waals surface area contributed by atoms with E-state index in [2.05, 4.69) is 9.97 Å². The largest absolute Gasteiger partial charge is 0.437 e. The molecule has 0 aliphatic heterocycles. The molecule has 3 rings (SSSR count). The van der Waals surface area contributed by atoms with Crippen molar-refractivity contribution in [1.82, 2.24) is 9.97 Å². The van der Waals surface area contributed by atoms with Gasteiger partial charge in [-0.05, 0) is 17.7 Å². The number of nitrogens with zero attached hydrogens (tertiary/aromatic N) is 2. The van der Waals surface area contributed by atoms with Crippen LogP contribution < -0.4 is 4.74 Å². The van der Waals surface area contributed by atoms with E-state index in [-0.39, 0.29) is 0 Å². The zero-order valence-electron chi connectivity index (χ0n) is 10.1. The van der Waals surface area contributed by atoms with Crippen LogP contribution in [0.15, 0.2) is 54.9 Å². The van der Waals surface area contributed by atoms with Gasteiger partial charge in [0.1, 0.15) is 5.75 Å². The first-order chi connectivity index (χ1) is 9.35. The summed E-state index contributed by atoms with van der Waals surface area (Å²) >= 11 is 5.71. The lowest BCUT2D eigenvalue weighted by molar-refractivity contribution is 0.461. The van der Waals surface area contributed by atoms with E-state index in [1.807, 2.05) is 36.4 Å². The number of fused-ring (bicyclic) bond motifs is 1. The van der Waals surface area contributed by atoms with Gasteiger partial charge < -0.3 is 4.74 Å². The highest BCUT2D eigenvalue weighted by molar-refractivity contribution is 6.17. The lowest BCUT2D eigenvalue weighted by Gasteiger charge is -2.05. The fraction of sp³-hybridized carbons (Fsp3) is 0.0667. The van der Waals surface area contributed by atoms with Gasteiger partial charge in [-0.2, -0.15) is 0 Å². The lowest BCUT2D eigenvalue weighted by Crippen LogP contribution is -1.90. The second-order valence-corrected chi connectivity index (χ2v) is 4.37. The minimum atomic E-state index is 0.449. The summed E-state index contributed by atoms with van der Waals surface area (Å²) in [6.07, 6.45) is 3.40. The van der Waals surface area contributed by atoms with Crippen molar-refractivity contribution in [3.8, 4) is 11.6 Å². The molecule has 0 spiro atoms. The van der Waals surface area contributed by atoms with Crippen LogP contribution >= 0.6 is 11.6 Å². The highest BCUT2D eigenvalue weighted by Gasteiger charge is 2.01. The van der Waals surface area contributed by atoms with Crippen molar-refractivity contribution >= 4 is 22.5 Å². The van der Waals surface area contributed by atoms with E-state index in [0.717, 1.165) is 16.5 Å². The Kier molecular flexibility index (Phi) is 3.29. The molecular formula is C15H11ClN2O. The van der Waals surface area contributed by atoms with Crippen LogP contribution in [0.3, 0.4) is 0 Å². The second kappa shape index (κ2) is 5.24. The van der Waals surface area contributed by atoms with Crippen molar-refractivity contribution in [1.29, 1.82) is 0 Å². The number of aromatic nitrogens is 2. The summed E-state index contributed by atoms with van der Waals surface area (Å²) in [4.78, 5) is 8.53. The normalized spacial score (nSPS) is 10.6. The van der Waals surface area contributed by atoms with Crippen LogP contribution in [0, 0.1) is 0 Å². The first-order valence-electron chi connectivity index (χ1n) is 5.89. The summed E-state index contributed by atoms with van der Waals surface area (Å²) in [5.41, 5.74) is 1.91. The van der Waals surface area contributed by atoms with Gasteiger partial charge >= 0.3 is 0 Å². The topological polar surface area (TPSA) is 35.0 Å². The molecule has 0 aliphatic rings. The fourth-order valence-corrected chi connectivity index (χ4v) is 1.94. The second-order valence-electron chi connectivity index (χ2n) is 4.10. The molecule has 2 aromatic heterocycles. The van der Waals surface area contributed by atoms with Crippen LogP contribution in [0.2, 0.25) is 0 Å². The number of ether oxygens (including phenoxy) is 1. The van der Waals surface area contributed by atoms with E-state index >= 15 is 0 Å². The predicted molar refractivity (Wildman–Crippen MR) is 75.6 cm³/mol. The molecule has 94 valence electrons.